The van der Waals surface area contributed by atoms with Crippen molar-refractivity contribution in [3.8, 4) is 78.7 Å². The molecule has 0 saturated heterocycles. The number of hydrogen-bond acceptors (Lipinski definition) is 2. The minimum absolute atomic E-state index is 0.898. The van der Waals surface area contributed by atoms with E-state index in [-0.39, 0.29) is 0 Å². The van der Waals surface area contributed by atoms with Crippen molar-refractivity contribution in [1.29, 1.82) is 0 Å². The van der Waals surface area contributed by atoms with Crippen LogP contribution in [0.2, 0.25) is 0 Å². The van der Waals surface area contributed by atoms with E-state index in [2.05, 4.69) is 264 Å². The van der Waals surface area contributed by atoms with Crippen LogP contribution in [0, 0.1) is 0 Å². The van der Waals surface area contributed by atoms with E-state index < -0.39 is 0 Å². The smallest absolute Gasteiger partial charge is 0.0715 e. The summed E-state index contributed by atoms with van der Waals surface area (Å²) in [4.78, 5) is 10.7. The van der Waals surface area contributed by atoms with Gasteiger partial charge in [0.15, 0.2) is 0 Å². The number of pyridine rings is 2. The molecule has 0 radical (unpaired) electrons. The minimum Gasteiger partial charge on any atom is -0.309 e. The lowest BCUT2D eigenvalue weighted by Gasteiger charge is -2.14. The fourth-order valence-corrected chi connectivity index (χ4v) is 10.0. The number of fused-ring (bicyclic) bond motifs is 6. The lowest BCUT2D eigenvalue weighted by molar-refractivity contribution is 1.18. The van der Waals surface area contributed by atoms with Gasteiger partial charge in [-0.2, -0.15) is 0 Å². The van der Waals surface area contributed by atoms with Crippen molar-refractivity contribution in [1.82, 2.24) is 19.1 Å². The van der Waals surface area contributed by atoms with Crippen LogP contribution in [0.15, 0.2) is 255 Å². The molecule has 13 rings (SSSR count). The Hall–Kier alpha value is -9.12. The predicted octanol–water partition coefficient (Wildman–Crippen LogP) is 16.7. The molecular weight excluding hydrogens is 825 g/mol. The van der Waals surface area contributed by atoms with Crippen molar-refractivity contribution in [2.75, 3.05) is 0 Å². The van der Waals surface area contributed by atoms with E-state index in [1.54, 1.807) is 0 Å². The Morgan fingerprint density at radius 3 is 0.853 bits per heavy atom. The molecule has 4 heteroatoms. The molecule has 0 bridgehead atoms. The molecule has 0 spiro atoms. The Kier molecular flexibility index (Phi) is 9.47. The largest absolute Gasteiger partial charge is 0.309 e. The standard InChI is InChI=1S/C64H42N4/c1-3-16-45(17-4-1)57-39-49(43-30-34-51(35-31-43)67-61-26-11-7-22-53(61)54-23-8-12-27-62(54)67)41-59(65-57)47-20-15-21-48(38-47)60-42-50(40-58(66-60)46-18-5-2-6-19-46)44-32-36-52(37-33-44)68-63-28-13-9-24-55(63)56-25-10-14-29-64(56)68/h1-42H. The number of hydrogen-bond donors (Lipinski definition) is 0. The summed E-state index contributed by atoms with van der Waals surface area (Å²) in [5.74, 6) is 0. The molecule has 318 valence electrons. The van der Waals surface area contributed by atoms with Crippen molar-refractivity contribution in [2.45, 2.75) is 0 Å². The van der Waals surface area contributed by atoms with E-state index in [9.17, 15) is 0 Å². The summed E-state index contributed by atoms with van der Waals surface area (Å²) >= 11 is 0. The van der Waals surface area contributed by atoms with Gasteiger partial charge >= 0.3 is 0 Å². The zero-order chi connectivity index (χ0) is 45.0. The summed E-state index contributed by atoms with van der Waals surface area (Å²) in [5.41, 5.74) is 19.3. The van der Waals surface area contributed by atoms with Crippen LogP contribution in [-0.2, 0) is 0 Å². The zero-order valence-corrected chi connectivity index (χ0v) is 37.0. The van der Waals surface area contributed by atoms with Crippen LogP contribution in [0.25, 0.3) is 122 Å². The second-order valence-electron chi connectivity index (χ2n) is 17.4. The first-order valence-electron chi connectivity index (χ1n) is 23.1. The summed E-state index contributed by atoms with van der Waals surface area (Å²) < 4.78 is 4.73. The van der Waals surface area contributed by atoms with Gasteiger partial charge in [-0.1, -0.05) is 176 Å². The first kappa shape index (κ1) is 39.3. The van der Waals surface area contributed by atoms with Crippen molar-refractivity contribution >= 4 is 43.6 Å². The normalized spacial score (nSPS) is 11.5. The number of para-hydroxylation sites is 4. The van der Waals surface area contributed by atoms with Crippen LogP contribution in [-0.4, -0.2) is 19.1 Å². The Labute approximate surface area is 394 Å². The molecule has 0 saturated carbocycles. The first-order valence-corrected chi connectivity index (χ1v) is 23.1. The Balaban J connectivity index is 0.896. The van der Waals surface area contributed by atoms with Crippen molar-refractivity contribution in [3.05, 3.63) is 255 Å². The molecule has 0 amide bonds. The van der Waals surface area contributed by atoms with Gasteiger partial charge in [-0.15, -0.1) is 0 Å². The molecule has 0 aliphatic heterocycles. The van der Waals surface area contributed by atoms with Crippen LogP contribution in [0.1, 0.15) is 0 Å². The molecule has 0 fully saturated rings. The van der Waals surface area contributed by atoms with E-state index in [1.165, 1.54) is 43.6 Å². The van der Waals surface area contributed by atoms with E-state index in [0.29, 0.717) is 0 Å². The van der Waals surface area contributed by atoms with Gasteiger partial charge in [-0.25, -0.2) is 9.97 Å². The number of rotatable bonds is 8. The third kappa shape index (κ3) is 6.86. The Morgan fingerprint density at radius 1 is 0.206 bits per heavy atom. The van der Waals surface area contributed by atoms with Crippen LogP contribution in [0.3, 0.4) is 0 Å². The highest BCUT2D eigenvalue weighted by molar-refractivity contribution is 6.10. The molecule has 4 nitrogen and oxygen atoms in total. The molecule has 0 N–H and O–H groups in total. The highest BCUT2D eigenvalue weighted by Crippen LogP contribution is 2.38. The van der Waals surface area contributed by atoms with Crippen LogP contribution < -0.4 is 0 Å². The third-order valence-electron chi connectivity index (χ3n) is 13.3. The molecular formula is C64H42N4. The molecule has 4 heterocycles. The molecule has 0 aliphatic rings. The molecule has 9 aromatic carbocycles. The van der Waals surface area contributed by atoms with Gasteiger partial charge in [0.1, 0.15) is 0 Å². The minimum atomic E-state index is 0.898. The quantitative estimate of drug-likeness (QED) is 0.153. The van der Waals surface area contributed by atoms with Crippen LogP contribution in [0.5, 0.6) is 0 Å². The molecule has 4 aromatic heterocycles. The highest BCUT2D eigenvalue weighted by Gasteiger charge is 2.16. The molecule has 0 unspecified atom stereocenters. The average molecular weight is 867 g/mol. The summed E-state index contributed by atoms with van der Waals surface area (Å²) in [6.45, 7) is 0. The lowest BCUT2D eigenvalue weighted by atomic mass is 9.97. The fourth-order valence-electron chi connectivity index (χ4n) is 10.0. The highest BCUT2D eigenvalue weighted by atomic mass is 15.0. The number of benzene rings is 9. The third-order valence-corrected chi connectivity index (χ3v) is 13.3. The van der Waals surface area contributed by atoms with E-state index in [4.69, 9.17) is 9.97 Å². The molecule has 0 aliphatic carbocycles. The van der Waals surface area contributed by atoms with Gasteiger partial charge in [0.05, 0.1) is 44.8 Å². The first-order chi connectivity index (χ1) is 33.7. The van der Waals surface area contributed by atoms with Crippen molar-refractivity contribution in [3.63, 3.8) is 0 Å². The fraction of sp³-hybridized carbons (Fsp3) is 0. The maximum absolute atomic E-state index is 5.33. The van der Waals surface area contributed by atoms with Crippen LogP contribution in [0.4, 0.5) is 0 Å². The van der Waals surface area contributed by atoms with Gasteiger partial charge in [0.25, 0.3) is 0 Å². The summed E-state index contributed by atoms with van der Waals surface area (Å²) in [6.07, 6.45) is 0. The zero-order valence-electron chi connectivity index (χ0n) is 37.0. The second-order valence-corrected chi connectivity index (χ2v) is 17.4. The van der Waals surface area contributed by atoms with E-state index >= 15 is 0 Å². The van der Waals surface area contributed by atoms with Crippen LogP contribution >= 0.6 is 0 Å². The van der Waals surface area contributed by atoms with Gasteiger partial charge < -0.3 is 9.13 Å². The van der Waals surface area contributed by atoms with Gasteiger partial charge in [-0.3, -0.25) is 0 Å². The Bertz CT molecular complexity index is 3630. The van der Waals surface area contributed by atoms with E-state index in [1.807, 2.05) is 0 Å². The molecule has 13 aromatic rings. The lowest BCUT2D eigenvalue weighted by Crippen LogP contribution is -1.95. The Morgan fingerprint density at radius 2 is 0.500 bits per heavy atom. The van der Waals surface area contributed by atoms with Crippen molar-refractivity contribution < 1.29 is 0 Å². The predicted molar refractivity (Wildman–Crippen MR) is 283 cm³/mol. The number of nitrogens with zero attached hydrogens (tertiary/aromatic N) is 4. The van der Waals surface area contributed by atoms with Gasteiger partial charge in [0, 0.05) is 55.2 Å². The summed E-state index contributed by atoms with van der Waals surface area (Å²) in [7, 11) is 0. The topological polar surface area (TPSA) is 35.6 Å². The van der Waals surface area contributed by atoms with Gasteiger partial charge in [0.2, 0.25) is 0 Å². The van der Waals surface area contributed by atoms with Crippen molar-refractivity contribution in [2.24, 2.45) is 0 Å². The molecule has 0 atom stereocenters. The maximum atomic E-state index is 5.33. The van der Waals surface area contributed by atoms with E-state index in [0.717, 1.165) is 78.7 Å². The summed E-state index contributed by atoms with van der Waals surface area (Å²) in [5, 5.41) is 5.01. The molecule has 68 heavy (non-hydrogen) atoms. The van der Waals surface area contributed by atoms with Gasteiger partial charge in [-0.05, 0) is 101 Å². The SMILES string of the molecule is c1ccc(-c2cc(-c3ccc(-n4c5ccccc5c5ccccc54)cc3)cc(-c3cccc(-c4cc(-c5ccc(-n6c7ccccc7c7ccccc76)cc5)cc(-c5ccccc5)n4)c3)n2)cc1. The average Bonchev–Trinajstić information content (AvgIpc) is 3.94. The maximum Gasteiger partial charge on any atom is 0.0715 e. The second kappa shape index (κ2) is 16.4. The number of aromatic nitrogens is 4. The monoisotopic (exact) mass is 866 g/mol. The summed E-state index contributed by atoms with van der Waals surface area (Å²) in [6, 6.07) is 91.0.